The van der Waals surface area contributed by atoms with E-state index in [1.807, 2.05) is 66.7 Å². The van der Waals surface area contributed by atoms with Crippen molar-refractivity contribution in [3.8, 4) is 5.75 Å². The van der Waals surface area contributed by atoms with Crippen molar-refractivity contribution >= 4 is 17.6 Å². The Hall–Kier alpha value is -2.82. The first kappa shape index (κ1) is 21.4. The van der Waals surface area contributed by atoms with E-state index in [4.69, 9.17) is 16.3 Å². The van der Waals surface area contributed by atoms with Gasteiger partial charge in [0, 0.05) is 17.1 Å². The van der Waals surface area contributed by atoms with Crippen LogP contribution in [0, 0.1) is 5.92 Å². The van der Waals surface area contributed by atoms with Gasteiger partial charge < -0.3 is 9.84 Å². The normalized spacial score (nSPS) is 17.8. The van der Waals surface area contributed by atoms with Gasteiger partial charge in [0.25, 0.3) is 0 Å². The highest BCUT2D eigenvalue weighted by Gasteiger charge is 2.32. The van der Waals surface area contributed by atoms with E-state index >= 15 is 0 Å². The van der Waals surface area contributed by atoms with Crippen LogP contribution in [-0.2, 0) is 11.4 Å². The minimum absolute atomic E-state index is 0.132. The van der Waals surface area contributed by atoms with E-state index in [1.165, 1.54) is 0 Å². The summed E-state index contributed by atoms with van der Waals surface area (Å²) in [7, 11) is 0. The monoisotopic (exact) mass is 435 g/mol. The first-order valence-electron chi connectivity index (χ1n) is 10.6. The Bertz CT molecular complexity index is 1020. The molecule has 0 amide bonds. The molecule has 1 N–H and O–H groups in total. The van der Waals surface area contributed by atoms with Gasteiger partial charge in [-0.05, 0) is 48.7 Å². The number of carboxylic acids is 1. The number of benzene rings is 3. The summed E-state index contributed by atoms with van der Waals surface area (Å²) < 4.78 is 6.25. The second-order valence-corrected chi connectivity index (χ2v) is 8.38. The van der Waals surface area contributed by atoms with Crippen LogP contribution in [0.3, 0.4) is 0 Å². The van der Waals surface area contributed by atoms with E-state index in [1.54, 1.807) is 0 Å². The molecule has 3 aromatic carbocycles. The lowest BCUT2D eigenvalue weighted by molar-refractivity contribution is -0.143. The Morgan fingerprint density at radius 2 is 1.84 bits per heavy atom. The average Bonchev–Trinajstić information content (AvgIpc) is 2.80. The number of aliphatic carboxylic acids is 1. The van der Waals surface area contributed by atoms with Crippen molar-refractivity contribution in [3.63, 3.8) is 0 Å². The number of rotatable bonds is 7. The fraction of sp³-hybridized carbons (Fsp3) is 0.269. The van der Waals surface area contributed by atoms with Gasteiger partial charge in [0.15, 0.2) is 0 Å². The van der Waals surface area contributed by atoms with E-state index in [-0.39, 0.29) is 12.0 Å². The van der Waals surface area contributed by atoms with Crippen molar-refractivity contribution in [2.45, 2.75) is 25.5 Å². The van der Waals surface area contributed by atoms with Crippen LogP contribution in [0.25, 0.3) is 0 Å². The average molecular weight is 436 g/mol. The largest absolute Gasteiger partial charge is 0.489 e. The van der Waals surface area contributed by atoms with E-state index in [0.29, 0.717) is 24.6 Å². The summed E-state index contributed by atoms with van der Waals surface area (Å²) in [6.07, 6.45) is 1.56. The lowest BCUT2D eigenvalue weighted by Gasteiger charge is -2.38. The molecule has 0 bridgehead atoms. The predicted octanol–water partition coefficient (Wildman–Crippen LogP) is 5.81. The summed E-state index contributed by atoms with van der Waals surface area (Å²) in [5.41, 5.74) is 3.15. The fourth-order valence-corrected chi connectivity index (χ4v) is 4.48. The Morgan fingerprint density at radius 1 is 1.06 bits per heavy atom. The third-order valence-corrected chi connectivity index (χ3v) is 6.02. The molecule has 0 saturated carbocycles. The predicted molar refractivity (Wildman–Crippen MR) is 122 cm³/mol. The molecule has 4 rings (SSSR count). The number of hydrogen-bond acceptors (Lipinski definition) is 3. The van der Waals surface area contributed by atoms with Gasteiger partial charge in [0.05, 0.1) is 12.0 Å². The minimum Gasteiger partial charge on any atom is -0.489 e. The highest BCUT2D eigenvalue weighted by molar-refractivity contribution is 6.30. The molecule has 1 fully saturated rings. The summed E-state index contributed by atoms with van der Waals surface area (Å²) in [5, 5.41) is 10.3. The third-order valence-electron chi connectivity index (χ3n) is 5.78. The molecule has 4 nitrogen and oxygen atoms in total. The number of likely N-dealkylation sites (tertiary alicyclic amines) is 1. The van der Waals surface area contributed by atoms with Crippen LogP contribution in [0.4, 0.5) is 0 Å². The molecule has 5 heteroatoms. The van der Waals surface area contributed by atoms with Crippen LogP contribution >= 0.6 is 11.6 Å². The summed E-state index contributed by atoms with van der Waals surface area (Å²) in [6.45, 7) is 1.80. The highest BCUT2D eigenvalue weighted by Crippen LogP contribution is 2.38. The van der Waals surface area contributed by atoms with Crippen LogP contribution in [0.5, 0.6) is 5.75 Å². The third kappa shape index (κ3) is 5.27. The zero-order valence-electron chi connectivity index (χ0n) is 17.3. The Kier molecular flexibility index (Phi) is 6.90. The number of para-hydroxylation sites is 1. The Balaban J connectivity index is 1.69. The van der Waals surface area contributed by atoms with E-state index in [0.717, 1.165) is 35.4 Å². The quantitative estimate of drug-likeness (QED) is 0.509. The molecule has 1 aliphatic rings. The summed E-state index contributed by atoms with van der Waals surface area (Å²) in [5.74, 6) is -0.301. The maximum absolute atomic E-state index is 11.7. The molecule has 1 aliphatic heterocycles. The molecule has 2 atom stereocenters. The standard InChI is InChI=1S/C26H26ClNO3/c27-22-12-6-10-20(16-22)25(28-15-7-11-21(17-28)26(29)30)23-13-4-5-14-24(23)31-18-19-8-2-1-3-9-19/h1-6,8-10,12-14,16,21,25H,7,11,15,17-18H2,(H,29,30). The maximum atomic E-state index is 11.7. The number of carboxylic acid groups (broad SMARTS) is 1. The molecule has 0 aromatic heterocycles. The molecular weight excluding hydrogens is 410 g/mol. The van der Waals surface area contributed by atoms with Gasteiger partial charge in [-0.2, -0.15) is 0 Å². The molecule has 2 unspecified atom stereocenters. The van der Waals surface area contributed by atoms with E-state index < -0.39 is 5.97 Å². The van der Waals surface area contributed by atoms with Gasteiger partial charge >= 0.3 is 5.97 Å². The lowest BCUT2D eigenvalue weighted by Crippen LogP contribution is -2.41. The number of carbonyl (C=O) groups is 1. The van der Waals surface area contributed by atoms with Crippen LogP contribution in [0.2, 0.25) is 5.02 Å². The van der Waals surface area contributed by atoms with Gasteiger partial charge in [-0.3, -0.25) is 9.69 Å². The SMILES string of the molecule is O=C(O)C1CCCN(C(c2cccc(Cl)c2)c2ccccc2OCc2ccccc2)C1. The maximum Gasteiger partial charge on any atom is 0.307 e. The van der Waals surface area contributed by atoms with Crippen molar-refractivity contribution in [2.24, 2.45) is 5.92 Å². The van der Waals surface area contributed by atoms with Crippen molar-refractivity contribution in [2.75, 3.05) is 13.1 Å². The lowest BCUT2D eigenvalue weighted by atomic mass is 9.91. The fourth-order valence-electron chi connectivity index (χ4n) is 4.28. The molecule has 160 valence electrons. The van der Waals surface area contributed by atoms with Crippen LogP contribution in [0.15, 0.2) is 78.9 Å². The molecule has 0 aliphatic carbocycles. The number of piperidine rings is 1. The molecule has 31 heavy (non-hydrogen) atoms. The molecule has 1 saturated heterocycles. The van der Waals surface area contributed by atoms with Crippen LogP contribution in [-0.4, -0.2) is 29.1 Å². The van der Waals surface area contributed by atoms with Crippen LogP contribution in [0.1, 0.15) is 35.6 Å². The molecule has 1 heterocycles. The zero-order chi connectivity index (χ0) is 21.6. The van der Waals surface area contributed by atoms with Gasteiger partial charge in [-0.25, -0.2) is 0 Å². The molecular formula is C26H26ClNO3. The van der Waals surface area contributed by atoms with Crippen molar-refractivity contribution in [1.29, 1.82) is 0 Å². The second kappa shape index (κ2) is 9.99. The van der Waals surface area contributed by atoms with E-state index in [9.17, 15) is 9.90 Å². The second-order valence-electron chi connectivity index (χ2n) is 7.94. The molecule has 0 spiro atoms. The van der Waals surface area contributed by atoms with Crippen molar-refractivity contribution < 1.29 is 14.6 Å². The van der Waals surface area contributed by atoms with Gasteiger partial charge in [-0.15, -0.1) is 0 Å². The smallest absolute Gasteiger partial charge is 0.307 e. The van der Waals surface area contributed by atoms with Crippen molar-refractivity contribution in [1.82, 2.24) is 4.90 Å². The molecule has 3 aromatic rings. The van der Waals surface area contributed by atoms with Crippen molar-refractivity contribution in [3.05, 3.63) is 101 Å². The van der Waals surface area contributed by atoms with Gasteiger partial charge in [0.2, 0.25) is 0 Å². The van der Waals surface area contributed by atoms with Gasteiger partial charge in [0.1, 0.15) is 12.4 Å². The number of hydrogen-bond donors (Lipinski definition) is 1. The number of ether oxygens (including phenoxy) is 1. The van der Waals surface area contributed by atoms with Crippen LogP contribution < -0.4 is 4.74 Å². The Morgan fingerprint density at radius 3 is 2.61 bits per heavy atom. The summed E-state index contributed by atoms with van der Waals surface area (Å²) in [4.78, 5) is 14.0. The zero-order valence-corrected chi connectivity index (χ0v) is 18.0. The summed E-state index contributed by atoms with van der Waals surface area (Å²) >= 11 is 6.33. The first-order valence-corrected chi connectivity index (χ1v) is 11.0. The number of halogens is 1. The van der Waals surface area contributed by atoms with E-state index in [2.05, 4.69) is 17.0 Å². The molecule has 0 radical (unpaired) electrons. The first-order chi connectivity index (χ1) is 15.1. The summed E-state index contributed by atoms with van der Waals surface area (Å²) in [6, 6.07) is 25.8. The van der Waals surface area contributed by atoms with Gasteiger partial charge in [-0.1, -0.05) is 72.3 Å². The topological polar surface area (TPSA) is 49.8 Å². The highest BCUT2D eigenvalue weighted by atomic mass is 35.5. The minimum atomic E-state index is -0.733. The Labute approximate surface area is 188 Å². The number of nitrogens with zero attached hydrogens (tertiary/aromatic N) is 1.